The third kappa shape index (κ3) is 10.1. The molecule has 0 radical (unpaired) electrons. The highest BCUT2D eigenvalue weighted by Crippen LogP contribution is 2.46. The second kappa shape index (κ2) is 15.5. The zero-order chi connectivity index (χ0) is 30.8. The Kier molecular flexibility index (Phi) is 12.3. The van der Waals surface area contributed by atoms with Crippen molar-refractivity contribution in [3.05, 3.63) is 58.7 Å². The van der Waals surface area contributed by atoms with Crippen LogP contribution in [0.3, 0.4) is 0 Å². The summed E-state index contributed by atoms with van der Waals surface area (Å²) in [6, 6.07) is 12.3. The first-order valence-electron chi connectivity index (χ1n) is 16.2. The van der Waals surface area contributed by atoms with Gasteiger partial charge in [-0.05, 0) is 90.2 Å². The van der Waals surface area contributed by atoms with Crippen LogP contribution in [0, 0.1) is 10.8 Å². The van der Waals surface area contributed by atoms with Gasteiger partial charge in [0.05, 0.1) is 0 Å². The van der Waals surface area contributed by atoms with Gasteiger partial charge in [-0.2, -0.15) is 0 Å². The molecule has 1 fully saturated rings. The van der Waals surface area contributed by atoms with Crippen LogP contribution in [0.5, 0.6) is 11.5 Å². The molecule has 6 nitrogen and oxygen atoms in total. The first kappa shape index (κ1) is 33.5. The predicted molar refractivity (Wildman–Crippen MR) is 172 cm³/mol. The number of hydrogen-bond donors (Lipinski definition) is 2. The largest absolute Gasteiger partial charge is 0.412 e. The van der Waals surface area contributed by atoms with Gasteiger partial charge in [0.25, 0.3) is 0 Å². The van der Waals surface area contributed by atoms with Crippen LogP contribution >= 0.6 is 0 Å². The maximum atomic E-state index is 13.1. The summed E-state index contributed by atoms with van der Waals surface area (Å²) in [5.41, 5.74) is 4.50. The molecule has 2 N–H and O–H groups in total. The maximum absolute atomic E-state index is 13.1. The van der Waals surface area contributed by atoms with E-state index in [2.05, 4.69) is 83.4 Å². The molecule has 3 rings (SSSR count). The Hall–Kier alpha value is -3.02. The van der Waals surface area contributed by atoms with Crippen LogP contribution in [0.25, 0.3) is 0 Å². The average Bonchev–Trinajstić information content (AvgIpc) is 2.90. The summed E-state index contributed by atoms with van der Waals surface area (Å²) in [5.74, 6) is 1.28. The van der Waals surface area contributed by atoms with E-state index in [0.29, 0.717) is 18.0 Å². The Morgan fingerprint density at radius 3 is 1.74 bits per heavy atom. The zero-order valence-corrected chi connectivity index (χ0v) is 27.2. The molecule has 2 aromatic carbocycles. The van der Waals surface area contributed by atoms with Crippen LogP contribution in [-0.4, -0.2) is 24.8 Å². The third-order valence-electron chi connectivity index (χ3n) is 8.20. The lowest BCUT2D eigenvalue weighted by atomic mass is 9.62. The van der Waals surface area contributed by atoms with Gasteiger partial charge in [-0.15, -0.1) is 0 Å². The van der Waals surface area contributed by atoms with E-state index < -0.39 is 12.2 Å². The van der Waals surface area contributed by atoms with Crippen molar-refractivity contribution in [2.45, 2.75) is 125 Å². The number of nitrogens with one attached hydrogen (secondary N) is 2. The Morgan fingerprint density at radius 1 is 0.738 bits per heavy atom. The van der Waals surface area contributed by atoms with Crippen LogP contribution in [0.4, 0.5) is 9.59 Å². The van der Waals surface area contributed by atoms with E-state index in [0.717, 1.165) is 81.8 Å². The van der Waals surface area contributed by atoms with Crippen LogP contribution in [0.15, 0.2) is 36.4 Å². The van der Waals surface area contributed by atoms with Crippen molar-refractivity contribution in [3.8, 4) is 11.5 Å². The molecule has 0 spiro atoms. The van der Waals surface area contributed by atoms with E-state index in [1.54, 1.807) is 0 Å². The molecule has 0 aromatic heterocycles. The van der Waals surface area contributed by atoms with Gasteiger partial charge in [-0.1, -0.05) is 98.4 Å². The van der Waals surface area contributed by atoms with E-state index in [9.17, 15) is 9.59 Å². The summed E-state index contributed by atoms with van der Waals surface area (Å²) >= 11 is 0. The highest BCUT2D eigenvalue weighted by molar-refractivity contribution is 5.72. The molecular weight excluding hydrogens is 524 g/mol. The van der Waals surface area contributed by atoms with Gasteiger partial charge in [0.2, 0.25) is 0 Å². The van der Waals surface area contributed by atoms with Crippen molar-refractivity contribution in [2.75, 3.05) is 6.54 Å². The lowest BCUT2D eigenvalue weighted by Gasteiger charge is -2.46. The number of benzene rings is 2. The Labute approximate surface area is 254 Å². The number of rotatable bonds is 13. The molecule has 0 aliphatic heterocycles. The van der Waals surface area contributed by atoms with Gasteiger partial charge in [0, 0.05) is 12.6 Å². The van der Waals surface area contributed by atoms with Crippen LogP contribution in [0.2, 0.25) is 0 Å². The van der Waals surface area contributed by atoms with Crippen molar-refractivity contribution in [1.29, 1.82) is 0 Å². The van der Waals surface area contributed by atoms with E-state index >= 15 is 0 Å². The SMILES string of the molecule is CCCc1ccc(OC(=O)NCC2(C)CC(NC(=O)Oc3ccc(CCC)cc3CCC)CC(C)(C)C2)c(CCC)c1. The minimum Gasteiger partial charge on any atom is -0.410 e. The summed E-state index contributed by atoms with van der Waals surface area (Å²) in [6.07, 6.45) is 9.61. The molecule has 42 heavy (non-hydrogen) atoms. The summed E-state index contributed by atoms with van der Waals surface area (Å²) in [5, 5.41) is 6.18. The normalized spacial score (nSPS) is 19.6. The number of carbonyl (C=O) groups excluding carboxylic acids is 2. The lowest BCUT2D eigenvalue weighted by Crippen LogP contribution is -2.51. The van der Waals surface area contributed by atoms with Crippen molar-refractivity contribution < 1.29 is 19.1 Å². The summed E-state index contributed by atoms with van der Waals surface area (Å²) in [4.78, 5) is 26.0. The van der Waals surface area contributed by atoms with Gasteiger partial charge >= 0.3 is 12.2 Å². The van der Waals surface area contributed by atoms with Gasteiger partial charge < -0.3 is 20.1 Å². The maximum Gasteiger partial charge on any atom is 0.412 e. The number of hydrogen-bond acceptors (Lipinski definition) is 4. The topological polar surface area (TPSA) is 76.7 Å². The monoisotopic (exact) mass is 578 g/mol. The van der Waals surface area contributed by atoms with Crippen molar-refractivity contribution in [3.63, 3.8) is 0 Å². The fourth-order valence-corrected chi connectivity index (χ4v) is 6.87. The first-order valence-corrected chi connectivity index (χ1v) is 16.2. The van der Waals surface area contributed by atoms with Crippen molar-refractivity contribution >= 4 is 12.2 Å². The number of ether oxygens (including phenoxy) is 2. The number of aryl methyl sites for hydroxylation is 4. The minimum atomic E-state index is -0.431. The van der Waals surface area contributed by atoms with Gasteiger partial charge in [0.15, 0.2) is 0 Å². The molecule has 1 aliphatic rings. The second-order valence-corrected chi connectivity index (χ2v) is 13.4. The van der Waals surface area contributed by atoms with Crippen LogP contribution in [0.1, 0.15) is 116 Å². The quantitative estimate of drug-likeness (QED) is 0.249. The molecule has 2 amide bonds. The van der Waals surface area contributed by atoms with E-state index in [4.69, 9.17) is 9.47 Å². The molecule has 2 aromatic rings. The van der Waals surface area contributed by atoms with Crippen LogP contribution in [-0.2, 0) is 25.7 Å². The molecule has 232 valence electrons. The lowest BCUT2D eigenvalue weighted by molar-refractivity contribution is 0.0701. The standard InChI is InChI=1S/C36H54N2O4/c1-8-12-26-16-18-31(28(20-26)14-10-3)41-33(39)37-25-36(7)23-30(22-35(5,6)24-36)38-34(40)42-32-19-17-27(13-9-2)21-29(32)15-11-4/h16-21,30H,8-15,22-25H2,1-7H3,(H,37,39)(H,38,40). The Balaban J connectivity index is 1.62. The van der Waals surface area contributed by atoms with Crippen molar-refractivity contribution in [1.82, 2.24) is 10.6 Å². The first-order chi connectivity index (χ1) is 20.0. The second-order valence-electron chi connectivity index (χ2n) is 13.4. The molecule has 2 unspecified atom stereocenters. The summed E-state index contributed by atoms with van der Waals surface area (Å²) in [7, 11) is 0. The molecular formula is C36H54N2O4. The molecule has 6 heteroatoms. The Bertz CT molecular complexity index is 1190. The Morgan fingerprint density at radius 2 is 1.24 bits per heavy atom. The average molecular weight is 579 g/mol. The number of amides is 2. The van der Waals surface area contributed by atoms with Gasteiger partial charge in [0.1, 0.15) is 11.5 Å². The van der Waals surface area contributed by atoms with Crippen LogP contribution < -0.4 is 20.1 Å². The van der Waals surface area contributed by atoms with E-state index in [1.165, 1.54) is 11.1 Å². The molecule has 0 saturated heterocycles. The minimum absolute atomic E-state index is 0.00485. The predicted octanol–water partition coefficient (Wildman–Crippen LogP) is 8.96. The fourth-order valence-electron chi connectivity index (χ4n) is 6.87. The summed E-state index contributed by atoms with van der Waals surface area (Å²) in [6.45, 7) is 15.7. The van der Waals surface area contributed by atoms with Crippen molar-refractivity contribution in [2.24, 2.45) is 10.8 Å². The zero-order valence-electron chi connectivity index (χ0n) is 27.2. The van der Waals surface area contributed by atoms with E-state index in [1.807, 2.05) is 12.1 Å². The number of carbonyl (C=O) groups is 2. The van der Waals surface area contributed by atoms with Gasteiger partial charge in [-0.25, -0.2) is 9.59 Å². The van der Waals surface area contributed by atoms with E-state index in [-0.39, 0.29) is 16.9 Å². The third-order valence-corrected chi connectivity index (χ3v) is 8.20. The van der Waals surface area contributed by atoms with Gasteiger partial charge in [-0.3, -0.25) is 0 Å². The molecule has 1 saturated carbocycles. The molecule has 2 atom stereocenters. The summed E-state index contributed by atoms with van der Waals surface area (Å²) < 4.78 is 11.6. The fraction of sp³-hybridized carbons (Fsp3) is 0.611. The highest BCUT2D eigenvalue weighted by atomic mass is 16.6. The smallest absolute Gasteiger partial charge is 0.410 e. The highest BCUT2D eigenvalue weighted by Gasteiger charge is 2.42. The molecule has 0 heterocycles. The molecule has 1 aliphatic carbocycles. The molecule has 0 bridgehead atoms.